The standard InChI is InChI=1S/C58H112O12S/c1-3-5-7-9-11-13-15-17-19-21-23-25-27-29-31-33-35-37-39-41-43-45-47-54(60)68-52(51-67-58-56(62)57(70-71(63,64)65)55(61)53(49-59)69-58)50-66-48-46-44-42-40-38-36-34-32-30-28-26-24-22-20-18-16-14-12-10-8-6-4-2/h22,24,52-53,55-59,61-62H,3-21,23,25-51H2,1-2H3,(H,63,64,65)/b24-22-. The number of esters is 1. The molecule has 0 aromatic rings. The maximum atomic E-state index is 13.0. The third-order valence-corrected chi connectivity index (χ3v) is 14.6. The Labute approximate surface area is 436 Å². The van der Waals surface area contributed by atoms with Gasteiger partial charge in [0.15, 0.2) is 6.29 Å². The van der Waals surface area contributed by atoms with Crippen LogP contribution < -0.4 is 0 Å². The Balaban J connectivity index is 2.27. The molecular weight excluding hydrogens is 921 g/mol. The number of ether oxygens (including phenoxy) is 4. The van der Waals surface area contributed by atoms with Crippen molar-refractivity contribution < 1.29 is 56.2 Å². The Morgan fingerprint density at radius 2 is 0.887 bits per heavy atom. The Morgan fingerprint density at radius 1 is 0.521 bits per heavy atom. The second-order valence-corrected chi connectivity index (χ2v) is 22.0. The molecule has 4 N–H and O–H groups in total. The normalized spacial score (nSPS) is 19.0. The number of hydrogen-bond acceptors (Lipinski definition) is 11. The molecule has 0 radical (unpaired) electrons. The van der Waals surface area contributed by atoms with Crippen molar-refractivity contribution in [3.8, 4) is 0 Å². The predicted molar refractivity (Wildman–Crippen MR) is 290 cm³/mol. The highest BCUT2D eigenvalue weighted by molar-refractivity contribution is 7.80. The van der Waals surface area contributed by atoms with E-state index in [1.54, 1.807) is 0 Å². The molecule has 0 aromatic heterocycles. The molecular formula is C58H112O12S. The summed E-state index contributed by atoms with van der Waals surface area (Å²) >= 11 is 0. The fraction of sp³-hybridized carbons (Fsp3) is 0.948. The molecule has 1 saturated heterocycles. The molecule has 1 aliphatic heterocycles. The number of rotatable bonds is 54. The zero-order valence-electron chi connectivity index (χ0n) is 45.8. The van der Waals surface area contributed by atoms with E-state index in [4.69, 9.17) is 18.9 Å². The summed E-state index contributed by atoms with van der Waals surface area (Å²) in [5.74, 6) is -0.391. The van der Waals surface area contributed by atoms with Gasteiger partial charge in [-0.05, 0) is 38.5 Å². The first-order chi connectivity index (χ1) is 34.6. The van der Waals surface area contributed by atoms with Crippen LogP contribution in [0.2, 0.25) is 0 Å². The summed E-state index contributed by atoms with van der Waals surface area (Å²) < 4.78 is 59.5. The van der Waals surface area contributed by atoms with E-state index < -0.39 is 59.8 Å². The van der Waals surface area contributed by atoms with Gasteiger partial charge in [-0.3, -0.25) is 9.35 Å². The van der Waals surface area contributed by atoms with Crippen LogP contribution in [0.3, 0.4) is 0 Å². The molecule has 71 heavy (non-hydrogen) atoms. The summed E-state index contributed by atoms with van der Waals surface area (Å²) in [6, 6.07) is 0. The molecule has 0 aromatic carbocycles. The van der Waals surface area contributed by atoms with Crippen molar-refractivity contribution in [3.05, 3.63) is 12.2 Å². The van der Waals surface area contributed by atoms with E-state index in [-0.39, 0.29) is 19.6 Å². The molecule has 422 valence electrons. The number of unbranched alkanes of at least 4 members (excludes halogenated alkanes) is 39. The van der Waals surface area contributed by atoms with Gasteiger partial charge in [-0.15, -0.1) is 0 Å². The predicted octanol–water partition coefficient (Wildman–Crippen LogP) is 14.9. The minimum Gasteiger partial charge on any atom is -0.457 e. The minimum absolute atomic E-state index is 0.0416. The molecule has 1 aliphatic rings. The number of aliphatic hydroxyl groups excluding tert-OH is 3. The SMILES string of the molecule is CCCCCCCCCC/C=C\CCCCCCCCCCCCOCC(COC1OC(CO)C(O)C(OS(=O)(=O)O)C1O)OC(=O)CCCCCCCCCCCCCCCCCCCCCCCC. The van der Waals surface area contributed by atoms with Crippen LogP contribution >= 0.6 is 0 Å². The zero-order valence-corrected chi connectivity index (χ0v) is 46.6. The fourth-order valence-electron chi connectivity index (χ4n) is 9.61. The lowest BCUT2D eigenvalue weighted by Gasteiger charge is -2.41. The third-order valence-electron chi connectivity index (χ3n) is 14.1. The summed E-state index contributed by atoms with van der Waals surface area (Å²) in [7, 11) is -5.06. The van der Waals surface area contributed by atoms with Gasteiger partial charge in [0.05, 0.1) is 19.8 Å². The van der Waals surface area contributed by atoms with Crippen LogP contribution in [-0.4, -0.2) is 97.5 Å². The molecule has 0 amide bonds. The lowest BCUT2D eigenvalue weighted by Crippen LogP contribution is -2.60. The minimum atomic E-state index is -5.06. The first kappa shape index (κ1) is 67.9. The van der Waals surface area contributed by atoms with Crippen LogP contribution in [0.25, 0.3) is 0 Å². The Hall–Kier alpha value is -1.16. The number of carbonyl (C=O) groups is 1. The lowest BCUT2D eigenvalue weighted by molar-refractivity contribution is -0.301. The van der Waals surface area contributed by atoms with E-state index in [0.29, 0.717) is 13.0 Å². The van der Waals surface area contributed by atoms with Crippen molar-refractivity contribution in [2.24, 2.45) is 0 Å². The topological polar surface area (TPSA) is 178 Å². The first-order valence-electron chi connectivity index (χ1n) is 29.9. The van der Waals surface area contributed by atoms with Crippen LogP contribution in [0.15, 0.2) is 12.2 Å². The van der Waals surface area contributed by atoms with Gasteiger partial charge < -0.3 is 34.3 Å². The van der Waals surface area contributed by atoms with Gasteiger partial charge in [-0.25, -0.2) is 4.18 Å². The zero-order chi connectivity index (χ0) is 51.7. The number of carbonyl (C=O) groups excluding carboxylic acids is 1. The van der Waals surface area contributed by atoms with Crippen molar-refractivity contribution in [1.29, 1.82) is 0 Å². The molecule has 6 atom stereocenters. The summed E-state index contributed by atoms with van der Waals surface area (Å²) in [6.45, 7) is 4.06. The lowest BCUT2D eigenvalue weighted by atomic mass is 9.99. The van der Waals surface area contributed by atoms with Gasteiger partial charge in [0.25, 0.3) is 0 Å². The molecule has 0 saturated carbocycles. The summed E-state index contributed by atoms with van der Waals surface area (Å²) in [4.78, 5) is 13.0. The highest BCUT2D eigenvalue weighted by Crippen LogP contribution is 2.26. The van der Waals surface area contributed by atoms with Crippen molar-refractivity contribution in [2.45, 2.75) is 327 Å². The van der Waals surface area contributed by atoms with Gasteiger partial charge in [-0.2, -0.15) is 8.42 Å². The van der Waals surface area contributed by atoms with Gasteiger partial charge in [0.1, 0.15) is 30.5 Å². The smallest absolute Gasteiger partial charge is 0.397 e. The Morgan fingerprint density at radius 3 is 1.27 bits per heavy atom. The van der Waals surface area contributed by atoms with E-state index in [1.165, 1.54) is 225 Å². The van der Waals surface area contributed by atoms with Gasteiger partial charge in [0, 0.05) is 13.0 Å². The van der Waals surface area contributed by atoms with Crippen LogP contribution in [0.1, 0.15) is 290 Å². The first-order valence-corrected chi connectivity index (χ1v) is 31.3. The van der Waals surface area contributed by atoms with Crippen molar-refractivity contribution in [3.63, 3.8) is 0 Å². The number of aliphatic hydroxyl groups is 3. The third kappa shape index (κ3) is 42.7. The highest BCUT2D eigenvalue weighted by Gasteiger charge is 2.48. The van der Waals surface area contributed by atoms with Crippen LogP contribution in [0.5, 0.6) is 0 Å². The van der Waals surface area contributed by atoms with Crippen LogP contribution in [-0.2, 0) is 38.3 Å². The monoisotopic (exact) mass is 1030 g/mol. The highest BCUT2D eigenvalue weighted by atomic mass is 32.3. The maximum absolute atomic E-state index is 13.0. The molecule has 0 bridgehead atoms. The molecule has 0 spiro atoms. The average molecular weight is 1030 g/mol. The van der Waals surface area contributed by atoms with Crippen molar-refractivity contribution in [2.75, 3.05) is 26.4 Å². The van der Waals surface area contributed by atoms with Gasteiger partial charge in [0.2, 0.25) is 0 Å². The molecule has 1 fully saturated rings. The van der Waals surface area contributed by atoms with Crippen molar-refractivity contribution >= 4 is 16.4 Å². The van der Waals surface area contributed by atoms with Crippen molar-refractivity contribution in [1.82, 2.24) is 0 Å². The van der Waals surface area contributed by atoms with Gasteiger partial charge in [-0.1, -0.05) is 257 Å². The molecule has 0 aliphatic carbocycles. The largest absolute Gasteiger partial charge is 0.457 e. The van der Waals surface area contributed by atoms with Crippen LogP contribution in [0.4, 0.5) is 0 Å². The maximum Gasteiger partial charge on any atom is 0.397 e. The fourth-order valence-corrected chi connectivity index (χ4v) is 10.1. The summed E-state index contributed by atoms with van der Waals surface area (Å²) in [6.07, 6.45) is 49.7. The summed E-state index contributed by atoms with van der Waals surface area (Å²) in [5, 5.41) is 30.9. The Bertz CT molecular complexity index is 1280. The number of hydrogen-bond donors (Lipinski definition) is 4. The molecule has 13 heteroatoms. The van der Waals surface area contributed by atoms with Gasteiger partial charge >= 0.3 is 16.4 Å². The molecule has 12 nitrogen and oxygen atoms in total. The summed E-state index contributed by atoms with van der Waals surface area (Å²) in [5.41, 5.74) is 0. The van der Waals surface area contributed by atoms with E-state index >= 15 is 0 Å². The second-order valence-electron chi connectivity index (χ2n) is 20.9. The molecule has 6 unspecified atom stereocenters. The molecule has 1 rings (SSSR count). The average Bonchev–Trinajstić information content (AvgIpc) is 3.35. The molecule has 1 heterocycles. The van der Waals surface area contributed by atoms with E-state index in [9.17, 15) is 33.1 Å². The Kier molecular flexibility index (Phi) is 47.5. The quantitative estimate of drug-likeness (QED) is 0.0196. The second kappa shape index (κ2) is 49.7. The number of allylic oxidation sites excluding steroid dienone is 2. The van der Waals surface area contributed by atoms with Crippen LogP contribution in [0, 0.1) is 0 Å². The van der Waals surface area contributed by atoms with E-state index in [2.05, 4.69) is 30.2 Å². The van der Waals surface area contributed by atoms with E-state index in [1.807, 2.05) is 0 Å². The van der Waals surface area contributed by atoms with E-state index in [0.717, 1.165) is 38.5 Å².